The second kappa shape index (κ2) is 6.01. The Bertz CT molecular complexity index is 423. The minimum absolute atomic E-state index is 0.405. The van der Waals surface area contributed by atoms with Crippen molar-refractivity contribution in [2.45, 2.75) is 38.6 Å². The summed E-state index contributed by atoms with van der Waals surface area (Å²) in [5, 5.41) is 3.48. The first-order valence-corrected chi connectivity index (χ1v) is 7.43. The first kappa shape index (κ1) is 13.1. The van der Waals surface area contributed by atoms with Crippen molar-refractivity contribution in [1.82, 2.24) is 5.32 Å². The summed E-state index contributed by atoms with van der Waals surface area (Å²) in [7, 11) is 2.07. The molecule has 0 aliphatic heterocycles. The van der Waals surface area contributed by atoms with E-state index in [1.807, 2.05) is 0 Å². The van der Waals surface area contributed by atoms with Crippen molar-refractivity contribution in [1.29, 1.82) is 0 Å². The molecule has 0 aromatic heterocycles. The smallest absolute Gasteiger partial charge is 0.0544 e. The van der Waals surface area contributed by atoms with Crippen LogP contribution in [0.4, 0.5) is 0 Å². The van der Waals surface area contributed by atoms with E-state index in [1.165, 1.54) is 40.4 Å². The molecule has 1 aromatic rings. The molecule has 0 bridgehead atoms. The van der Waals surface area contributed by atoms with E-state index in [1.54, 1.807) is 5.57 Å². The molecule has 0 saturated heterocycles. The monoisotopic (exact) mass is 341 g/mol. The third-order valence-electron chi connectivity index (χ3n) is 3.52. The quantitative estimate of drug-likeness (QED) is 0.636. The number of nitrogens with one attached hydrogen (secondary N) is 1. The van der Waals surface area contributed by atoms with Gasteiger partial charge in [0, 0.05) is 3.57 Å². The average Bonchev–Trinajstić information content (AvgIpc) is 2.37. The summed E-state index contributed by atoms with van der Waals surface area (Å²) in [5.74, 6) is 0. The maximum Gasteiger partial charge on any atom is 0.0544 e. The molecule has 0 fully saturated rings. The first-order valence-electron chi connectivity index (χ1n) is 6.35. The van der Waals surface area contributed by atoms with E-state index in [2.05, 4.69) is 66.2 Å². The molecule has 2 heteroatoms. The number of hydrogen-bond donors (Lipinski definition) is 1. The highest BCUT2D eigenvalue weighted by Gasteiger charge is 2.19. The van der Waals surface area contributed by atoms with Gasteiger partial charge in [-0.2, -0.15) is 0 Å². The van der Waals surface area contributed by atoms with Gasteiger partial charge in [-0.25, -0.2) is 0 Å². The summed E-state index contributed by atoms with van der Waals surface area (Å²) >= 11 is 2.47. The van der Waals surface area contributed by atoms with Gasteiger partial charge in [-0.15, -0.1) is 0 Å². The Kier molecular flexibility index (Phi) is 4.62. The minimum atomic E-state index is 0.405. The second-order valence-electron chi connectivity index (χ2n) is 4.72. The lowest BCUT2D eigenvalue weighted by atomic mass is 9.89. The van der Waals surface area contributed by atoms with Gasteiger partial charge in [0.05, 0.1) is 6.04 Å². The van der Waals surface area contributed by atoms with E-state index in [0.717, 1.165) is 0 Å². The summed E-state index contributed by atoms with van der Waals surface area (Å²) in [6, 6.07) is 7.02. The van der Waals surface area contributed by atoms with Gasteiger partial charge < -0.3 is 5.32 Å². The fourth-order valence-corrected chi connectivity index (χ4v) is 3.23. The topological polar surface area (TPSA) is 12.0 Å². The molecule has 1 aliphatic rings. The van der Waals surface area contributed by atoms with E-state index >= 15 is 0 Å². The zero-order valence-corrected chi connectivity index (χ0v) is 12.8. The van der Waals surface area contributed by atoms with Crippen molar-refractivity contribution in [3.63, 3.8) is 0 Å². The van der Waals surface area contributed by atoms with E-state index in [0.29, 0.717) is 6.04 Å². The van der Waals surface area contributed by atoms with Gasteiger partial charge >= 0.3 is 0 Å². The van der Waals surface area contributed by atoms with Gasteiger partial charge in [0.1, 0.15) is 0 Å². The molecule has 1 aromatic carbocycles. The van der Waals surface area contributed by atoms with E-state index in [9.17, 15) is 0 Å². The number of likely N-dealkylation sites (N-methyl/N-ethyl adjacent to an activating group) is 1. The van der Waals surface area contributed by atoms with Crippen LogP contribution < -0.4 is 5.32 Å². The molecule has 0 spiro atoms. The zero-order valence-electron chi connectivity index (χ0n) is 10.6. The van der Waals surface area contributed by atoms with E-state index in [4.69, 9.17) is 0 Å². The number of halogens is 1. The SMILES string of the molecule is CNC(C1=CCCCC1)c1cccc(C)c1I. The number of allylic oxidation sites excluding steroid dienone is 1. The van der Waals surface area contributed by atoms with Gasteiger partial charge in [-0.3, -0.25) is 0 Å². The summed E-state index contributed by atoms with van der Waals surface area (Å²) in [6.45, 7) is 2.19. The van der Waals surface area contributed by atoms with Gasteiger partial charge in [0.25, 0.3) is 0 Å². The normalized spacial score (nSPS) is 17.7. The maximum absolute atomic E-state index is 3.48. The molecular formula is C15H20IN. The molecule has 0 heterocycles. The summed E-state index contributed by atoms with van der Waals surface area (Å²) in [6.07, 6.45) is 7.62. The molecule has 1 aliphatic carbocycles. The van der Waals surface area contributed by atoms with Crippen molar-refractivity contribution < 1.29 is 0 Å². The van der Waals surface area contributed by atoms with Crippen LogP contribution in [0, 0.1) is 10.5 Å². The van der Waals surface area contributed by atoms with Crippen LogP contribution in [0.25, 0.3) is 0 Å². The first-order chi connectivity index (χ1) is 8.24. The predicted octanol–water partition coefficient (Wildman–Crippen LogP) is 4.36. The van der Waals surface area contributed by atoms with Crippen LogP contribution >= 0.6 is 22.6 Å². The van der Waals surface area contributed by atoms with Gasteiger partial charge in [0.2, 0.25) is 0 Å². The Morgan fingerprint density at radius 1 is 1.29 bits per heavy atom. The molecular weight excluding hydrogens is 321 g/mol. The lowest BCUT2D eigenvalue weighted by Gasteiger charge is -2.24. The second-order valence-corrected chi connectivity index (χ2v) is 5.80. The molecule has 1 nitrogen and oxygen atoms in total. The van der Waals surface area contributed by atoms with E-state index < -0.39 is 0 Å². The Morgan fingerprint density at radius 3 is 2.76 bits per heavy atom. The molecule has 1 unspecified atom stereocenters. The fourth-order valence-electron chi connectivity index (χ4n) is 2.56. The molecule has 1 N–H and O–H groups in total. The largest absolute Gasteiger partial charge is 0.310 e. The molecule has 92 valence electrons. The Hall–Kier alpha value is -0.350. The van der Waals surface area contributed by atoms with Crippen LogP contribution in [-0.4, -0.2) is 7.05 Å². The lowest BCUT2D eigenvalue weighted by Crippen LogP contribution is -2.21. The van der Waals surface area contributed by atoms with Crippen LogP contribution in [0.5, 0.6) is 0 Å². The van der Waals surface area contributed by atoms with Crippen LogP contribution in [-0.2, 0) is 0 Å². The molecule has 0 amide bonds. The highest BCUT2D eigenvalue weighted by molar-refractivity contribution is 14.1. The Labute approximate surface area is 118 Å². The maximum atomic E-state index is 3.48. The molecule has 0 radical (unpaired) electrons. The standard InChI is InChI=1S/C15H20IN/c1-11-7-6-10-13(14(11)16)15(17-2)12-8-4-3-5-9-12/h6-8,10,15,17H,3-5,9H2,1-2H3. The van der Waals surface area contributed by atoms with Crippen molar-refractivity contribution in [2.24, 2.45) is 0 Å². The van der Waals surface area contributed by atoms with Gasteiger partial charge in [-0.1, -0.05) is 29.8 Å². The van der Waals surface area contributed by atoms with Crippen LogP contribution in [0.1, 0.15) is 42.9 Å². The van der Waals surface area contributed by atoms with Gasteiger partial charge in [-0.05, 0) is 73.4 Å². The molecule has 2 rings (SSSR count). The third-order valence-corrected chi connectivity index (χ3v) is 4.99. The molecule has 1 atom stereocenters. The van der Waals surface area contributed by atoms with Gasteiger partial charge in [0.15, 0.2) is 0 Å². The Morgan fingerprint density at radius 2 is 2.12 bits per heavy atom. The third kappa shape index (κ3) is 2.91. The highest BCUT2D eigenvalue weighted by atomic mass is 127. The number of benzene rings is 1. The van der Waals surface area contributed by atoms with E-state index in [-0.39, 0.29) is 0 Å². The summed E-state index contributed by atoms with van der Waals surface area (Å²) in [4.78, 5) is 0. The summed E-state index contributed by atoms with van der Waals surface area (Å²) in [5.41, 5.74) is 4.38. The van der Waals surface area contributed by atoms with Crippen LogP contribution in [0.2, 0.25) is 0 Å². The van der Waals surface area contributed by atoms with Crippen molar-refractivity contribution in [3.05, 3.63) is 44.5 Å². The zero-order chi connectivity index (χ0) is 12.3. The molecule has 17 heavy (non-hydrogen) atoms. The predicted molar refractivity (Wildman–Crippen MR) is 82.2 cm³/mol. The van der Waals surface area contributed by atoms with Crippen LogP contribution in [0.3, 0.4) is 0 Å². The molecule has 0 saturated carbocycles. The highest BCUT2D eigenvalue weighted by Crippen LogP contribution is 2.32. The van der Waals surface area contributed by atoms with Crippen LogP contribution in [0.15, 0.2) is 29.8 Å². The number of hydrogen-bond acceptors (Lipinski definition) is 1. The average molecular weight is 341 g/mol. The fraction of sp³-hybridized carbons (Fsp3) is 0.467. The lowest BCUT2D eigenvalue weighted by molar-refractivity contribution is 0.591. The number of rotatable bonds is 3. The van der Waals surface area contributed by atoms with Crippen molar-refractivity contribution in [3.8, 4) is 0 Å². The summed E-state index contributed by atoms with van der Waals surface area (Å²) < 4.78 is 1.40. The number of aryl methyl sites for hydroxylation is 1. The van der Waals surface area contributed by atoms with Crippen molar-refractivity contribution >= 4 is 22.6 Å². The minimum Gasteiger partial charge on any atom is -0.310 e. The van der Waals surface area contributed by atoms with Crippen molar-refractivity contribution in [2.75, 3.05) is 7.05 Å². The Balaban J connectivity index is 2.34.